The molecule has 1 amide bonds. The smallest absolute Gasteiger partial charge is 0.303 e. The molecule has 4 heteroatoms. The van der Waals surface area contributed by atoms with Gasteiger partial charge in [-0.3, -0.25) is 9.59 Å². The number of rotatable bonds is 6. The van der Waals surface area contributed by atoms with Gasteiger partial charge in [-0.2, -0.15) is 0 Å². The first-order chi connectivity index (χ1) is 7.02. The van der Waals surface area contributed by atoms with Gasteiger partial charge >= 0.3 is 5.97 Å². The molecule has 0 bridgehead atoms. The monoisotopic (exact) mass is 213 g/mol. The van der Waals surface area contributed by atoms with E-state index in [1.54, 1.807) is 6.92 Å². The van der Waals surface area contributed by atoms with Gasteiger partial charge in [-0.25, -0.2) is 0 Å². The first-order valence-corrected chi connectivity index (χ1v) is 5.54. The van der Waals surface area contributed by atoms with Crippen LogP contribution in [0.25, 0.3) is 0 Å². The van der Waals surface area contributed by atoms with E-state index in [0.29, 0.717) is 18.4 Å². The predicted octanol–water partition coefficient (Wildman–Crippen LogP) is 1.40. The van der Waals surface area contributed by atoms with Gasteiger partial charge in [0.25, 0.3) is 0 Å². The lowest BCUT2D eigenvalue weighted by atomic mass is 10.0. The number of nitrogens with one attached hydrogen (secondary N) is 1. The van der Waals surface area contributed by atoms with Crippen molar-refractivity contribution in [3.8, 4) is 0 Å². The van der Waals surface area contributed by atoms with E-state index < -0.39 is 5.97 Å². The lowest BCUT2D eigenvalue weighted by Gasteiger charge is -2.08. The van der Waals surface area contributed by atoms with Crippen molar-refractivity contribution in [3.05, 3.63) is 0 Å². The van der Waals surface area contributed by atoms with Crippen molar-refractivity contribution in [2.75, 3.05) is 0 Å². The van der Waals surface area contributed by atoms with Crippen molar-refractivity contribution < 1.29 is 14.7 Å². The van der Waals surface area contributed by atoms with Gasteiger partial charge in [0.05, 0.1) is 0 Å². The Kier molecular flexibility index (Phi) is 4.12. The van der Waals surface area contributed by atoms with Gasteiger partial charge in [0, 0.05) is 18.9 Å². The summed E-state index contributed by atoms with van der Waals surface area (Å²) in [5.74, 6) is -0.289. The maximum absolute atomic E-state index is 11.4. The van der Waals surface area contributed by atoms with Crippen LogP contribution in [0.15, 0.2) is 0 Å². The Morgan fingerprint density at radius 3 is 2.60 bits per heavy atom. The lowest BCUT2D eigenvalue weighted by molar-refractivity contribution is -0.138. The number of amides is 1. The standard InChI is InChI=1S/C11H19NO3/c1-3-8-6-9(8)12-10(13)4-7(2)5-11(14)15/h7-9H,3-6H2,1-2H3,(H,12,13)(H,14,15). The fourth-order valence-corrected chi connectivity index (χ4v) is 1.83. The Hall–Kier alpha value is -1.06. The summed E-state index contributed by atoms with van der Waals surface area (Å²) in [7, 11) is 0. The van der Waals surface area contributed by atoms with Crippen molar-refractivity contribution in [3.63, 3.8) is 0 Å². The largest absolute Gasteiger partial charge is 0.481 e. The van der Waals surface area contributed by atoms with Crippen LogP contribution in [0.3, 0.4) is 0 Å². The highest BCUT2D eigenvalue weighted by atomic mass is 16.4. The fourth-order valence-electron chi connectivity index (χ4n) is 1.83. The predicted molar refractivity (Wildman–Crippen MR) is 56.4 cm³/mol. The van der Waals surface area contributed by atoms with Crippen LogP contribution in [-0.4, -0.2) is 23.0 Å². The highest BCUT2D eigenvalue weighted by Gasteiger charge is 2.36. The molecule has 0 aliphatic heterocycles. The van der Waals surface area contributed by atoms with E-state index in [9.17, 15) is 9.59 Å². The molecule has 0 aromatic carbocycles. The molecule has 0 saturated heterocycles. The van der Waals surface area contributed by atoms with Gasteiger partial charge in [-0.1, -0.05) is 20.3 Å². The Morgan fingerprint density at radius 2 is 2.13 bits per heavy atom. The number of hydrogen-bond acceptors (Lipinski definition) is 2. The van der Waals surface area contributed by atoms with Gasteiger partial charge in [-0.15, -0.1) is 0 Å². The highest BCUT2D eigenvalue weighted by molar-refractivity contribution is 5.77. The Labute approximate surface area is 90.0 Å². The maximum Gasteiger partial charge on any atom is 0.303 e. The van der Waals surface area contributed by atoms with E-state index in [-0.39, 0.29) is 18.2 Å². The summed E-state index contributed by atoms with van der Waals surface area (Å²) in [6, 6.07) is 0.347. The molecular formula is C11H19NO3. The van der Waals surface area contributed by atoms with E-state index >= 15 is 0 Å². The van der Waals surface area contributed by atoms with Crippen LogP contribution >= 0.6 is 0 Å². The Balaban J connectivity index is 2.16. The van der Waals surface area contributed by atoms with E-state index in [2.05, 4.69) is 12.2 Å². The van der Waals surface area contributed by atoms with Crippen molar-refractivity contribution in [1.29, 1.82) is 0 Å². The lowest BCUT2D eigenvalue weighted by Crippen LogP contribution is -2.28. The molecule has 1 aliphatic rings. The third-order valence-electron chi connectivity index (χ3n) is 2.85. The summed E-state index contributed by atoms with van der Waals surface area (Å²) < 4.78 is 0. The second-order valence-electron chi connectivity index (χ2n) is 4.49. The Morgan fingerprint density at radius 1 is 1.47 bits per heavy atom. The van der Waals surface area contributed by atoms with Crippen molar-refractivity contribution in [2.24, 2.45) is 11.8 Å². The molecule has 1 saturated carbocycles. The summed E-state index contributed by atoms with van der Waals surface area (Å²) in [6.07, 6.45) is 2.57. The topological polar surface area (TPSA) is 66.4 Å². The molecule has 0 aromatic rings. The Bertz CT molecular complexity index is 252. The number of aliphatic carboxylic acids is 1. The van der Waals surface area contributed by atoms with Crippen LogP contribution in [0.1, 0.15) is 39.5 Å². The van der Waals surface area contributed by atoms with E-state index in [1.165, 1.54) is 0 Å². The first-order valence-electron chi connectivity index (χ1n) is 5.54. The van der Waals surface area contributed by atoms with Gasteiger partial charge in [-0.05, 0) is 18.3 Å². The van der Waals surface area contributed by atoms with Crippen molar-refractivity contribution in [2.45, 2.75) is 45.6 Å². The normalized spacial score (nSPS) is 25.7. The third-order valence-corrected chi connectivity index (χ3v) is 2.85. The zero-order valence-electron chi connectivity index (χ0n) is 9.32. The maximum atomic E-state index is 11.4. The highest BCUT2D eigenvalue weighted by Crippen LogP contribution is 2.33. The minimum atomic E-state index is -0.840. The van der Waals surface area contributed by atoms with E-state index in [1.807, 2.05) is 0 Å². The minimum absolute atomic E-state index is 0.00954. The number of carbonyl (C=O) groups is 2. The van der Waals surface area contributed by atoms with Crippen LogP contribution in [0, 0.1) is 11.8 Å². The summed E-state index contributed by atoms with van der Waals surface area (Å²) >= 11 is 0. The minimum Gasteiger partial charge on any atom is -0.481 e. The van der Waals surface area contributed by atoms with Gasteiger partial charge in [0.2, 0.25) is 5.91 Å². The molecule has 1 aliphatic carbocycles. The zero-order valence-corrected chi connectivity index (χ0v) is 9.32. The molecule has 0 aromatic heterocycles. The molecule has 2 N–H and O–H groups in total. The van der Waals surface area contributed by atoms with Crippen LogP contribution < -0.4 is 5.32 Å². The molecule has 3 atom stereocenters. The van der Waals surface area contributed by atoms with Gasteiger partial charge < -0.3 is 10.4 Å². The third kappa shape index (κ3) is 4.32. The molecule has 86 valence electrons. The SMILES string of the molecule is CCC1CC1NC(=O)CC(C)CC(=O)O. The molecule has 0 radical (unpaired) electrons. The average Bonchev–Trinajstić information content (AvgIpc) is 2.80. The number of carbonyl (C=O) groups excluding carboxylic acids is 1. The van der Waals surface area contributed by atoms with Crippen LogP contribution in [-0.2, 0) is 9.59 Å². The zero-order chi connectivity index (χ0) is 11.4. The van der Waals surface area contributed by atoms with Gasteiger partial charge in [0.1, 0.15) is 0 Å². The molecular weight excluding hydrogens is 194 g/mol. The van der Waals surface area contributed by atoms with Crippen molar-refractivity contribution in [1.82, 2.24) is 5.32 Å². The van der Waals surface area contributed by atoms with E-state index in [0.717, 1.165) is 12.8 Å². The van der Waals surface area contributed by atoms with Crippen molar-refractivity contribution >= 4 is 11.9 Å². The van der Waals surface area contributed by atoms with Crippen LogP contribution in [0.5, 0.6) is 0 Å². The molecule has 0 spiro atoms. The summed E-state index contributed by atoms with van der Waals surface area (Å²) in [6.45, 7) is 3.90. The molecule has 4 nitrogen and oxygen atoms in total. The first kappa shape index (κ1) is 12.0. The summed E-state index contributed by atoms with van der Waals surface area (Å²) in [4.78, 5) is 21.8. The second-order valence-corrected chi connectivity index (χ2v) is 4.49. The van der Waals surface area contributed by atoms with Gasteiger partial charge in [0.15, 0.2) is 0 Å². The molecule has 0 heterocycles. The molecule has 15 heavy (non-hydrogen) atoms. The molecule has 1 rings (SSSR count). The quantitative estimate of drug-likeness (QED) is 0.701. The number of carboxylic acid groups (broad SMARTS) is 1. The number of carboxylic acids is 1. The number of hydrogen-bond donors (Lipinski definition) is 2. The summed E-state index contributed by atoms with van der Waals surface area (Å²) in [5.41, 5.74) is 0. The summed E-state index contributed by atoms with van der Waals surface area (Å²) in [5, 5.41) is 11.5. The molecule has 3 unspecified atom stereocenters. The average molecular weight is 213 g/mol. The molecule has 1 fully saturated rings. The van der Waals surface area contributed by atoms with Crippen LogP contribution in [0.2, 0.25) is 0 Å². The second kappa shape index (κ2) is 5.14. The van der Waals surface area contributed by atoms with Crippen LogP contribution in [0.4, 0.5) is 0 Å². The van der Waals surface area contributed by atoms with E-state index in [4.69, 9.17) is 5.11 Å². The fraction of sp³-hybridized carbons (Fsp3) is 0.818.